The third kappa shape index (κ3) is 5.88. The molecular weight excluding hydrogens is 415 g/mol. The topological polar surface area (TPSA) is 77.3 Å². The Bertz CT molecular complexity index is 460. The van der Waals surface area contributed by atoms with Crippen molar-refractivity contribution >= 4 is 46.2 Å². The third-order valence-electron chi connectivity index (χ3n) is 3.32. The molecule has 2 rings (SSSR count). The molecule has 22 heavy (non-hydrogen) atoms. The largest absolute Gasteiger partial charge is 2.00 e. The van der Waals surface area contributed by atoms with E-state index >= 15 is 0 Å². The average Bonchev–Trinajstić information content (AvgIpc) is 3.29. The molecule has 9 heteroatoms. The van der Waals surface area contributed by atoms with Gasteiger partial charge < -0.3 is 10.2 Å². The molecule has 2 fully saturated rings. The summed E-state index contributed by atoms with van der Waals surface area (Å²) in [7, 11) is 3.27. The fraction of sp³-hybridized carbons (Fsp3) is 0.692. The molecule has 0 amide bonds. The van der Waals surface area contributed by atoms with E-state index in [1.165, 1.54) is 10.0 Å². The molecule has 124 valence electrons. The van der Waals surface area contributed by atoms with Crippen LogP contribution in [-0.4, -0.2) is 45.9 Å². The molecule has 2 saturated carbocycles. The summed E-state index contributed by atoms with van der Waals surface area (Å²) >= 11 is 10.4. The van der Waals surface area contributed by atoms with Crippen LogP contribution in [0.25, 0.3) is 0 Å². The van der Waals surface area contributed by atoms with E-state index in [1.807, 2.05) is 0 Å². The summed E-state index contributed by atoms with van der Waals surface area (Å²) in [5.74, 6) is -0.382. The molecule has 0 aromatic heterocycles. The van der Waals surface area contributed by atoms with Crippen molar-refractivity contribution in [3.05, 3.63) is 0 Å². The van der Waals surface area contributed by atoms with Crippen LogP contribution in [0.4, 0.5) is 0 Å². The minimum Gasteiger partial charge on any atom is -0.860 e. The van der Waals surface area contributed by atoms with E-state index < -0.39 is 11.8 Å². The average molecular weight is 433 g/mol. The van der Waals surface area contributed by atoms with Crippen molar-refractivity contribution in [2.75, 3.05) is 14.1 Å². The van der Waals surface area contributed by atoms with Gasteiger partial charge in [0.25, 0.3) is 0 Å². The summed E-state index contributed by atoms with van der Waals surface area (Å²) in [5, 5.41) is 33.8. The van der Waals surface area contributed by atoms with Gasteiger partial charge in [-0.15, -0.1) is 0 Å². The zero-order chi connectivity index (χ0) is 15.6. The van der Waals surface area contributed by atoms with E-state index in [0.29, 0.717) is 21.8 Å². The zero-order valence-corrected chi connectivity index (χ0v) is 15.6. The van der Waals surface area contributed by atoms with Crippen LogP contribution >= 0.6 is 24.4 Å². The van der Waals surface area contributed by atoms with Gasteiger partial charge in [-0.1, -0.05) is 24.4 Å². The molecule has 0 aliphatic heterocycles. The number of hydrogen-bond donors (Lipinski definition) is 0. The standard InChI is InChI=1S/C13H20N4O2S2.Pd/c1-16(12(20)8-3-4-8)14-10(18)7-11(19)15-17(2)13(21)9-5-6-9;/h8-9H,3-7H2,1-2H3,(H,14,18)(H,15,19);/q;+2/p-2. The van der Waals surface area contributed by atoms with Crippen LogP contribution in [0.1, 0.15) is 32.1 Å². The predicted octanol–water partition coefficient (Wildman–Crippen LogP) is 0.0600. The third-order valence-corrected chi connectivity index (χ3v) is 4.51. The van der Waals surface area contributed by atoms with Crippen molar-refractivity contribution < 1.29 is 30.6 Å². The van der Waals surface area contributed by atoms with E-state index in [1.54, 1.807) is 14.1 Å². The Kier molecular flexibility index (Phi) is 7.33. The summed E-state index contributed by atoms with van der Waals surface area (Å²) < 4.78 is 0. The Morgan fingerprint density at radius 1 is 0.909 bits per heavy atom. The molecule has 0 radical (unpaired) electrons. The molecule has 0 unspecified atom stereocenters. The summed E-state index contributed by atoms with van der Waals surface area (Å²) in [4.78, 5) is 1.31. The summed E-state index contributed by atoms with van der Waals surface area (Å²) in [6, 6.07) is 0. The Labute approximate surface area is 154 Å². The van der Waals surface area contributed by atoms with Crippen LogP contribution < -0.4 is 10.2 Å². The van der Waals surface area contributed by atoms with Gasteiger partial charge in [0.15, 0.2) is 0 Å². The van der Waals surface area contributed by atoms with Crippen molar-refractivity contribution in [3.63, 3.8) is 0 Å². The first-order chi connectivity index (χ1) is 9.88. The second kappa shape index (κ2) is 8.30. The van der Waals surface area contributed by atoms with Crippen LogP contribution in [0.15, 0.2) is 10.2 Å². The van der Waals surface area contributed by atoms with Crippen LogP contribution in [0.3, 0.4) is 0 Å². The Balaban J connectivity index is 0.00000242. The maximum atomic E-state index is 11.7. The number of rotatable bonds is 6. The Hall–Kier alpha value is -0.618. The first-order valence-corrected chi connectivity index (χ1v) is 7.74. The van der Waals surface area contributed by atoms with Gasteiger partial charge in [-0.2, -0.15) is 10.2 Å². The maximum absolute atomic E-state index is 11.7. The van der Waals surface area contributed by atoms with Crippen molar-refractivity contribution in [3.8, 4) is 0 Å². The Morgan fingerprint density at radius 3 is 1.50 bits per heavy atom. The molecule has 0 bridgehead atoms. The van der Waals surface area contributed by atoms with E-state index in [2.05, 4.69) is 10.2 Å². The van der Waals surface area contributed by atoms with Crippen molar-refractivity contribution in [1.82, 2.24) is 10.0 Å². The SMILES string of the molecule is CN(/N=C(\[O-])C/C([O-])=N/N(C)C(=S)C1CC1)C(=S)C1CC1.[Pd+2]. The molecule has 6 nitrogen and oxygen atoms in total. The number of nitrogens with zero attached hydrogens (tertiary/aromatic N) is 4. The van der Waals surface area contributed by atoms with Gasteiger partial charge in [0.2, 0.25) is 0 Å². The molecule has 0 aromatic carbocycles. The van der Waals surface area contributed by atoms with Gasteiger partial charge in [-0.3, -0.25) is 10.0 Å². The molecule has 0 saturated heterocycles. The van der Waals surface area contributed by atoms with E-state index in [0.717, 1.165) is 25.7 Å². The van der Waals surface area contributed by atoms with E-state index in [-0.39, 0.29) is 26.8 Å². The molecule has 2 aliphatic rings. The second-order valence-corrected chi connectivity index (χ2v) is 6.27. The minimum absolute atomic E-state index is 0. The van der Waals surface area contributed by atoms with E-state index in [9.17, 15) is 10.2 Å². The molecule has 0 N–H and O–H groups in total. The van der Waals surface area contributed by atoms with Gasteiger partial charge in [0, 0.05) is 32.4 Å². The van der Waals surface area contributed by atoms with Crippen LogP contribution in [0, 0.1) is 11.8 Å². The summed E-state index contributed by atoms with van der Waals surface area (Å²) in [5.41, 5.74) is 0. The normalized spacial score (nSPS) is 18.5. The van der Waals surface area contributed by atoms with Gasteiger partial charge in [-0.05, 0) is 37.5 Å². The number of thiocarbonyl (C=S) groups is 2. The number of hydrogen-bond acceptors (Lipinski definition) is 6. The monoisotopic (exact) mass is 432 g/mol. The second-order valence-electron chi connectivity index (χ2n) is 5.44. The van der Waals surface area contributed by atoms with E-state index in [4.69, 9.17) is 24.4 Å². The fourth-order valence-electron chi connectivity index (χ4n) is 1.82. The first-order valence-electron chi connectivity index (χ1n) is 6.92. The van der Waals surface area contributed by atoms with Crippen LogP contribution in [0.2, 0.25) is 0 Å². The molecule has 2 aliphatic carbocycles. The molecule has 0 spiro atoms. The first kappa shape index (κ1) is 19.4. The predicted molar refractivity (Wildman–Crippen MR) is 85.7 cm³/mol. The van der Waals surface area contributed by atoms with Crippen molar-refractivity contribution in [1.29, 1.82) is 0 Å². The maximum Gasteiger partial charge on any atom is 2.00 e. The Morgan fingerprint density at radius 2 is 1.23 bits per heavy atom. The molecule has 0 atom stereocenters. The quantitative estimate of drug-likeness (QED) is 0.194. The number of hydrazone groups is 2. The fourth-order valence-corrected chi connectivity index (χ4v) is 2.38. The van der Waals surface area contributed by atoms with Gasteiger partial charge >= 0.3 is 20.4 Å². The summed E-state index contributed by atoms with van der Waals surface area (Å²) in [6.07, 6.45) is 3.82. The van der Waals surface area contributed by atoms with Gasteiger partial charge in [0.05, 0.1) is 0 Å². The van der Waals surface area contributed by atoms with Crippen LogP contribution in [-0.2, 0) is 20.4 Å². The molecule has 0 aromatic rings. The smallest absolute Gasteiger partial charge is 0.860 e. The van der Waals surface area contributed by atoms with Crippen molar-refractivity contribution in [2.24, 2.45) is 22.0 Å². The minimum atomic E-state index is -0.542. The van der Waals surface area contributed by atoms with Crippen LogP contribution in [0.5, 0.6) is 0 Å². The van der Waals surface area contributed by atoms with Gasteiger partial charge in [-0.25, -0.2) is 0 Å². The zero-order valence-electron chi connectivity index (χ0n) is 12.4. The summed E-state index contributed by atoms with van der Waals surface area (Å²) in [6.45, 7) is 0. The van der Waals surface area contributed by atoms with Crippen molar-refractivity contribution in [2.45, 2.75) is 32.1 Å². The molecule has 0 heterocycles. The van der Waals surface area contributed by atoms with Gasteiger partial charge in [0.1, 0.15) is 9.98 Å². The molecular formula is C13H18N4O2PdS2.